The SMILES string of the molecule is Nc1cc(C(=O)c2ccc3c(c2)OCCO3)c(F)cc1F. The Bertz CT molecular complexity index is 731. The number of nitrogens with two attached hydrogens (primary N) is 1. The van der Waals surface area contributed by atoms with Gasteiger partial charge in [0, 0.05) is 11.6 Å². The predicted octanol–water partition coefficient (Wildman–Crippen LogP) is 2.55. The summed E-state index contributed by atoms with van der Waals surface area (Å²) in [4.78, 5) is 12.3. The Balaban J connectivity index is 2.01. The zero-order valence-electron chi connectivity index (χ0n) is 10.9. The maximum absolute atomic E-state index is 13.7. The molecule has 3 rings (SSSR count). The first-order valence-corrected chi connectivity index (χ1v) is 6.25. The maximum atomic E-state index is 13.7. The van der Waals surface area contributed by atoms with E-state index in [0.29, 0.717) is 30.8 Å². The van der Waals surface area contributed by atoms with E-state index in [1.54, 1.807) is 6.07 Å². The Morgan fingerprint density at radius 2 is 1.71 bits per heavy atom. The Labute approximate surface area is 119 Å². The van der Waals surface area contributed by atoms with Crippen molar-refractivity contribution in [3.63, 3.8) is 0 Å². The normalized spacial score (nSPS) is 13.0. The molecule has 2 aromatic carbocycles. The number of carbonyl (C=O) groups is 1. The lowest BCUT2D eigenvalue weighted by Gasteiger charge is -2.18. The number of nitrogen functional groups attached to an aromatic ring is 1. The summed E-state index contributed by atoms with van der Waals surface area (Å²) in [5.74, 6) is -1.51. The van der Waals surface area contributed by atoms with Crippen molar-refractivity contribution < 1.29 is 23.0 Å². The van der Waals surface area contributed by atoms with E-state index in [0.717, 1.165) is 6.07 Å². The summed E-state index contributed by atoms with van der Waals surface area (Å²) in [6, 6.07) is 6.13. The minimum absolute atomic E-state index is 0.212. The van der Waals surface area contributed by atoms with Gasteiger partial charge in [0.15, 0.2) is 17.3 Å². The number of ketones is 1. The van der Waals surface area contributed by atoms with Gasteiger partial charge in [-0.3, -0.25) is 4.79 Å². The Hall–Kier alpha value is -2.63. The summed E-state index contributed by atoms with van der Waals surface area (Å²) in [7, 11) is 0. The number of benzene rings is 2. The van der Waals surface area contributed by atoms with Crippen LogP contribution in [0.4, 0.5) is 14.5 Å². The van der Waals surface area contributed by atoms with Gasteiger partial charge in [-0.05, 0) is 24.3 Å². The maximum Gasteiger partial charge on any atom is 0.196 e. The number of hydrogen-bond acceptors (Lipinski definition) is 4. The van der Waals surface area contributed by atoms with Crippen molar-refractivity contribution in [1.29, 1.82) is 0 Å². The summed E-state index contributed by atoms with van der Waals surface area (Å²) in [5.41, 5.74) is 5.02. The molecule has 0 unspecified atom stereocenters. The van der Waals surface area contributed by atoms with Crippen LogP contribution in [-0.4, -0.2) is 19.0 Å². The van der Waals surface area contributed by atoms with Gasteiger partial charge in [0.2, 0.25) is 0 Å². The fraction of sp³-hybridized carbons (Fsp3) is 0.133. The minimum Gasteiger partial charge on any atom is -0.486 e. The predicted molar refractivity (Wildman–Crippen MR) is 71.6 cm³/mol. The third-order valence-electron chi connectivity index (χ3n) is 3.14. The number of fused-ring (bicyclic) bond motifs is 1. The first kappa shape index (κ1) is 13.4. The number of anilines is 1. The highest BCUT2D eigenvalue weighted by molar-refractivity contribution is 6.09. The van der Waals surface area contributed by atoms with Gasteiger partial charge in [-0.1, -0.05) is 0 Å². The minimum atomic E-state index is -0.957. The van der Waals surface area contributed by atoms with Crippen LogP contribution in [0.15, 0.2) is 30.3 Å². The van der Waals surface area contributed by atoms with E-state index in [1.165, 1.54) is 12.1 Å². The molecule has 1 heterocycles. The van der Waals surface area contributed by atoms with Gasteiger partial charge in [0.1, 0.15) is 24.8 Å². The molecule has 0 saturated heterocycles. The molecule has 1 aliphatic rings. The van der Waals surface area contributed by atoms with E-state index >= 15 is 0 Å². The van der Waals surface area contributed by atoms with Crippen LogP contribution in [0.1, 0.15) is 15.9 Å². The number of hydrogen-bond donors (Lipinski definition) is 1. The lowest BCUT2D eigenvalue weighted by molar-refractivity contribution is 0.103. The summed E-state index contributed by atoms with van der Waals surface area (Å²) >= 11 is 0. The van der Waals surface area contributed by atoms with E-state index in [2.05, 4.69) is 0 Å². The van der Waals surface area contributed by atoms with Crippen molar-refractivity contribution in [2.45, 2.75) is 0 Å². The van der Waals surface area contributed by atoms with Crippen molar-refractivity contribution >= 4 is 11.5 Å². The van der Waals surface area contributed by atoms with Crippen LogP contribution < -0.4 is 15.2 Å². The van der Waals surface area contributed by atoms with Gasteiger partial charge in [-0.25, -0.2) is 8.78 Å². The van der Waals surface area contributed by atoms with Gasteiger partial charge in [-0.2, -0.15) is 0 Å². The van der Waals surface area contributed by atoms with E-state index in [1.807, 2.05) is 0 Å². The van der Waals surface area contributed by atoms with Crippen LogP contribution in [0.2, 0.25) is 0 Å². The summed E-state index contributed by atoms with van der Waals surface area (Å²) in [6.07, 6.45) is 0. The van der Waals surface area contributed by atoms with Crippen LogP contribution >= 0.6 is 0 Å². The molecule has 2 N–H and O–H groups in total. The molecule has 0 saturated carbocycles. The zero-order valence-corrected chi connectivity index (χ0v) is 10.9. The third kappa shape index (κ3) is 2.40. The van der Waals surface area contributed by atoms with E-state index in [-0.39, 0.29) is 16.8 Å². The van der Waals surface area contributed by atoms with Crippen molar-refractivity contribution in [3.05, 3.63) is 53.1 Å². The second-order valence-electron chi connectivity index (χ2n) is 4.54. The topological polar surface area (TPSA) is 61.6 Å². The molecule has 0 aliphatic carbocycles. The Morgan fingerprint density at radius 1 is 1.00 bits per heavy atom. The van der Waals surface area contributed by atoms with Gasteiger partial charge in [0.25, 0.3) is 0 Å². The highest BCUT2D eigenvalue weighted by Crippen LogP contribution is 2.32. The molecule has 4 nitrogen and oxygen atoms in total. The monoisotopic (exact) mass is 291 g/mol. The van der Waals surface area contributed by atoms with Crippen LogP contribution in [-0.2, 0) is 0 Å². The third-order valence-corrected chi connectivity index (χ3v) is 3.14. The van der Waals surface area contributed by atoms with E-state index in [4.69, 9.17) is 15.2 Å². The summed E-state index contributed by atoms with van der Waals surface area (Å²) in [6.45, 7) is 0.811. The van der Waals surface area contributed by atoms with Crippen LogP contribution in [0, 0.1) is 11.6 Å². The van der Waals surface area contributed by atoms with Gasteiger partial charge in [0.05, 0.1) is 11.3 Å². The molecular weight excluding hydrogens is 280 g/mol. The molecule has 21 heavy (non-hydrogen) atoms. The highest BCUT2D eigenvalue weighted by atomic mass is 19.1. The molecule has 2 aromatic rings. The first-order chi connectivity index (χ1) is 10.1. The Kier molecular flexibility index (Phi) is 3.21. The molecule has 0 amide bonds. The fourth-order valence-electron chi connectivity index (χ4n) is 2.08. The molecule has 0 radical (unpaired) electrons. The second kappa shape index (κ2) is 5.05. The quantitative estimate of drug-likeness (QED) is 0.682. The van der Waals surface area contributed by atoms with Gasteiger partial charge >= 0.3 is 0 Å². The van der Waals surface area contributed by atoms with Crippen molar-refractivity contribution in [2.75, 3.05) is 18.9 Å². The Morgan fingerprint density at radius 3 is 2.48 bits per heavy atom. The standard InChI is InChI=1S/C15H11F2NO3/c16-10-7-11(17)12(18)6-9(10)15(19)8-1-2-13-14(5-8)21-4-3-20-13/h1-2,5-7H,3-4,18H2. The molecule has 108 valence electrons. The molecule has 6 heteroatoms. The summed E-state index contributed by atoms with van der Waals surface area (Å²) < 4.78 is 37.6. The van der Waals surface area contributed by atoms with Gasteiger partial charge in [-0.15, -0.1) is 0 Å². The molecule has 0 atom stereocenters. The highest BCUT2D eigenvalue weighted by Gasteiger charge is 2.19. The van der Waals surface area contributed by atoms with E-state index < -0.39 is 17.4 Å². The zero-order chi connectivity index (χ0) is 15.0. The number of halogens is 2. The lowest BCUT2D eigenvalue weighted by Crippen LogP contribution is -2.16. The molecule has 0 spiro atoms. The second-order valence-corrected chi connectivity index (χ2v) is 4.54. The number of ether oxygens (including phenoxy) is 2. The van der Waals surface area contributed by atoms with Crippen molar-refractivity contribution in [1.82, 2.24) is 0 Å². The summed E-state index contributed by atoms with van der Waals surface area (Å²) in [5, 5.41) is 0. The molecule has 0 fully saturated rings. The molecule has 0 aromatic heterocycles. The van der Waals surface area contributed by atoms with Gasteiger partial charge < -0.3 is 15.2 Å². The van der Waals surface area contributed by atoms with Crippen LogP contribution in [0.3, 0.4) is 0 Å². The van der Waals surface area contributed by atoms with Crippen LogP contribution in [0.25, 0.3) is 0 Å². The smallest absolute Gasteiger partial charge is 0.196 e. The average molecular weight is 291 g/mol. The van der Waals surface area contributed by atoms with Crippen molar-refractivity contribution in [2.24, 2.45) is 0 Å². The largest absolute Gasteiger partial charge is 0.486 e. The van der Waals surface area contributed by atoms with Crippen molar-refractivity contribution in [3.8, 4) is 11.5 Å². The molecule has 1 aliphatic heterocycles. The lowest BCUT2D eigenvalue weighted by atomic mass is 10.0. The fourth-order valence-corrected chi connectivity index (χ4v) is 2.08. The first-order valence-electron chi connectivity index (χ1n) is 6.25. The van der Waals surface area contributed by atoms with Crippen LogP contribution in [0.5, 0.6) is 11.5 Å². The number of carbonyl (C=O) groups excluding carboxylic acids is 1. The van der Waals surface area contributed by atoms with E-state index in [9.17, 15) is 13.6 Å². The average Bonchev–Trinajstić information content (AvgIpc) is 2.50. The number of rotatable bonds is 2. The molecular formula is C15H11F2NO3. The molecule has 0 bridgehead atoms.